The van der Waals surface area contributed by atoms with Gasteiger partial charge in [0.25, 0.3) is 23.2 Å². The molecule has 0 bridgehead atoms. The van der Waals surface area contributed by atoms with Gasteiger partial charge in [0.15, 0.2) is 0 Å². The van der Waals surface area contributed by atoms with E-state index in [0.717, 1.165) is 29.3 Å². The fourth-order valence-corrected chi connectivity index (χ4v) is 4.21. The molecule has 0 aliphatic rings. The number of nitro benzene ring substituents is 2. The Morgan fingerprint density at radius 3 is 2.03 bits per heavy atom. The summed E-state index contributed by atoms with van der Waals surface area (Å²) in [6.07, 6.45) is 0. The Balaban J connectivity index is 1.79. The van der Waals surface area contributed by atoms with Gasteiger partial charge in [0.05, 0.1) is 27.2 Å². The predicted molar refractivity (Wildman–Crippen MR) is 140 cm³/mol. The van der Waals surface area contributed by atoms with Crippen LogP contribution in [0.4, 0.5) is 11.4 Å². The minimum atomic E-state index is -1.08. The van der Waals surface area contributed by atoms with Crippen LogP contribution in [0, 0.1) is 20.2 Å². The van der Waals surface area contributed by atoms with E-state index in [4.69, 9.17) is 0 Å². The summed E-state index contributed by atoms with van der Waals surface area (Å²) in [5.41, 5.74) is 3.28. The quantitative estimate of drug-likeness (QED) is 0.219. The number of amides is 2. The molecule has 0 aromatic heterocycles. The van der Waals surface area contributed by atoms with Crippen molar-refractivity contribution in [2.24, 2.45) is 5.10 Å². The maximum atomic E-state index is 13.0. The molecule has 0 aliphatic carbocycles. The standard InChI is InChI=1S/C25H23N5O6S/c1-17(19-10-6-3-7-11-19)27-28-25(32)23(16-37-15-18-8-4-2-5-9-18)26-24(31)20-12-21(29(33)34)14-22(13-20)30(35)36/h2-14,23H,15-16H2,1H3,(H,26,31)(H,28,32). The summed E-state index contributed by atoms with van der Waals surface area (Å²) in [7, 11) is 0. The van der Waals surface area contributed by atoms with Gasteiger partial charge in [0, 0.05) is 23.6 Å². The molecule has 12 heteroatoms. The highest BCUT2D eigenvalue weighted by atomic mass is 32.2. The Kier molecular flexibility index (Phi) is 9.44. The zero-order valence-corrected chi connectivity index (χ0v) is 20.5. The van der Waals surface area contributed by atoms with E-state index in [1.54, 1.807) is 6.92 Å². The number of non-ortho nitro benzene ring substituents is 2. The number of benzene rings is 3. The molecule has 3 aromatic carbocycles. The summed E-state index contributed by atoms with van der Waals surface area (Å²) in [4.78, 5) is 46.6. The van der Waals surface area contributed by atoms with Gasteiger partial charge in [-0.05, 0) is 18.1 Å². The molecule has 0 saturated heterocycles. The number of hydrazone groups is 1. The second-order valence-corrected chi connectivity index (χ2v) is 8.85. The molecule has 1 unspecified atom stereocenters. The molecule has 1 atom stereocenters. The highest BCUT2D eigenvalue weighted by Crippen LogP contribution is 2.23. The van der Waals surface area contributed by atoms with E-state index in [1.165, 1.54) is 11.8 Å². The first kappa shape index (κ1) is 27.0. The van der Waals surface area contributed by atoms with Crippen LogP contribution in [-0.4, -0.2) is 39.2 Å². The van der Waals surface area contributed by atoms with E-state index < -0.39 is 39.1 Å². The summed E-state index contributed by atoms with van der Waals surface area (Å²) in [5.74, 6) is -0.751. The van der Waals surface area contributed by atoms with Gasteiger partial charge in [0.2, 0.25) is 0 Å². The second-order valence-electron chi connectivity index (χ2n) is 7.82. The van der Waals surface area contributed by atoms with Crippen molar-refractivity contribution in [2.45, 2.75) is 18.7 Å². The van der Waals surface area contributed by atoms with Crippen molar-refractivity contribution in [3.63, 3.8) is 0 Å². The molecule has 2 amide bonds. The van der Waals surface area contributed by atoms with Gasteiger partial charge in [-0.25, -0.2) is 5.43 Å². The number of hydrogen-bond acceptors (Lipinski definition) is 8. The minimum absolute atomic E-state index is 0.156. The van der Waals surface area contributed by atoms with Gasteiger partial charge in [-0.1, -0.05) is 60.7 Å². The lowest BCUT2D eigenvalue weighted by Gasteiger charge is -2.17. The third-order valence-electron chi connectivity index (χ3n) is 5.13. The zero-order chi connectivity index (χ0) is 26.8. The van der Waals surface area contributed by atoms with Crippen LogP contribution >= 0.6 is 11.8 Å². The molecule has 11 nitrogen and oxygen atoms in total. The van der Waals surface area contributed by atoms with E-state index in [2.05, 4.69) is 15.8 Å². The molecule has 0 aliphatic heterocycles. The number of thioether (sulfide) groups is 1. The molecule has 37 heavy (non-hydrogen) atoms. The van der Waals surface area contributed by atoms with Crippen molar-refractivity contribution < 1.29 is 19.4 Å². The molecule has 3 aromatic rings. The number of nitrogens with one attached hydrogen (secondary N) is 2. The Morgan fingerprint density at radius 1 is 0.892 bits per heavy atom. The monoisotopic (exact) mass is 521 g/mol. The zero-order valence-electron chi connectivity index (χ0n) is 19.7. The van der Waals surface area contributed by atoms with Crippen molar-refractivity contribution in [3.05, 3.63) is 116 Å². The fourth-order valence-electron chi connectivity index (χ4n) is 3.19. The number of hydrogen-bond donors (Lipinski definition) is 2. The van der Waals surface area contributed by atoms with Crippen LogP contribution in [0.2, 0.25) is 0 Å². The summed E-state index contributed by atoms with van der Waals surface area (Å²) in [6.45, 7) is 1.72. The molecule has 0 spiro atoms. The van der Waals surface area contributed by atoms with Crippen LogP contribution in [0.3, 0.4) is 0 Å². The number of carbonyl (C=O) groups excluding carboxylic acids is 2. The maximum absolute atomic E-state index is 13.0. The Labute approximate surface area is 216 Å². The summed E-state index contributed by atoms with van der Waals surface area (Å²) in [5, 5.41) is 29.0. The maximum Gasteiger partial charge on any atom is 0.277 e. The summed E-state index contributed by atoms with van der Waals surface area (Å²) >= 11 is 1.39. The molecule has 190 valence electrons. The number of nitrogens with zero attached hydrogens (tertiary/aromatic N) is 3. The summed E-state index contributed by atoms with van der Waals surface area (Å²) in [6, 6.07) is 20.2. The molecule has 0 saturated carbocycles. The van der Waals surface area contributed by atoms with Gasteiger partial charge >= 0.3 is 0 Å². The average Bonchev–Trinajstić information content (AvgIpc) is 2.91. The number of carbonyl (C=O) groups is 2. The Bertz CT molecular complexity index is 1290. The third-order valence-corrected chi connectivity index (χ3v) is 6.24. The fraction of sp³-hybridized carbons (Fsp3) is 0.160. The lowest BCUT2D eigenvalue weighted by Crippen LogP contribution is -2.47. The first-order valence-electron chi connectivity index (χ1n) is 11.0. The Morgan fingerprint density at radius 2 is 1.46 bits per heavy atom. The molecule has 0 radical (unpaired) electrons. The molecule has 0 fully saturated rings. The van der Waals surface area contributed by atoms with Crippen LogP contribution in [0.15, 0.2) is 84.0 Å². The van der Waals surface area contributed by atoms with E-state index in [9.17, 15) is 29.8 Å². The van der Waals surface area contributed by atoms with Crippen LogP contribution in [0.25, 0.3) is 0 Å². The van der Waals surface area contributed by atoms with Crippen LogP contribution in [-0.2, 0) is 10.5 Å². The SMILES string of the molecule is CC(=NNC(=O)C(CSCc1ccccc1)NC(=O)c1cc([N+](=O)[O-])cc([N+](=O)[O-])c1)c1ccccc1. The van der Waals surface area contributed by atoms with Crippen molar-refractivity contribution in [1.29, 1.82) is 0 Å². The third kappa shape index (κ3) is 7.97. The lowest BCUT2D eigenvalue weighted by molar-refractivity contribution is -0.394. The number of nitro groups is 2. The molecule has 2 N–H and O–H groups in total. The highest BCUT2D eigenvalue weighted by Gasteiger charge is 2.25. The van der Waals surface area contributed by atoms with Gasteiger partial charge in [-0.15, -0.1) is 0 Å². The summed E-state index contributed by atoms with van der Waals surface area (Å²) < 4.78 is 0. The van der Waals surface area contributed by atoms with Crippen molar-refractivity contribution >= 4 is 40.7 Å². The van der Waals surface area contributed by atoms with Crippen molar-refractivity contribution in [3.8, 4) is 0 Å². The lowest BCUT2D eigenvalue weighted by atomic mass is 10.1. The van der Waals surface area contributed by atoms with Crippen LogP contribution in [0.5, 0.6) is 0 Å². The number of rotatable bonds is 11. The van der Waals surface area contributed by atoms with Crippen molar-refractivity contribution in [1.82, 2.24) is 10.7 Å². The highest BCUT2D eigenvalue weighted by molar-refractivity contribution is 7.98. The minimum Gasteiger partial charge on any atom is -0.339 e. The average molecular weight is 522 g/mol. The van der Waals surface area contributed by atoms with Gasteiger partial charge < -0.3 is 5.32 Å². The predicted octanol–water partition coefficient (Wildman–Crippen LogP) is 4.08. The van der Waals surface area contributed by atoms with Crippen LogP contribution in [0.1, 0.15) is 28.4 Å². The first-order chi connectivity index (χ1) is 17.7. The molecular weight excluding hydrogens is 498 g/mol. The molecule has 0 heterocycles. The van der Waals surface area contributed by atoms with E-state index in [1.807, 2.05) is 60.7 Å². The topological polar surface area (TPSA) is 157 Å². The van der Waals surface area contributed by atoms with Gasteiger partial charge in [-0.3, -0.25) is 29.8 Å². The molecular formula is C25H23N5O6S. The Hall–Kier alpha value is -4.58. The van der Waals surface area contributed by atoms with Crippen molar-refractivity contribution in [2.75, 3.05) is 5.75 Å². The smallest absolute Gasteiger partial charge is 0.277 e. The van der Waals surface area contributed by atoms with E-state index >= 15 is 0 Å². The van der Waals surface area contributed by atoms with Gasteiger partial charge in [0.1, 0.15) is 6.04 Å². The molecule has 3 rings (SSSR count). The normalized spacial score (nSPS) is 11.9. The largest absolute Gasteiger partial charge is 0.339 e. The van der Waals surface area contributed by atoms with E-state index in [-0.39, 0.29) is 11.3 Å². The van der Waals surface area contributed by atoms with E-state index in [0.29, 0.717) is 11.5 Å². The second kappa shape index (κ2) is 12.9. The first-order valence-corrected chi connectivity index (χ1v) is 12.2. The van der Waals surface area contributed by atoms with Crippen LogP contribution < -0.4 is 10.7 Å². The van der Waals surface area contributed by atoms with Gasteiger partial charge in [-0.2, -0.15) is 16.9 Å².